The Morgan fingerprint density at radius 3 is 2.50 bits per heavy atom. The Morgan fingerprint density at radius 2 is 1.76 bits per heavy atom. The summed E-state index contributed by atoms with van der Waals surface area (Å²) in [5.74, 6) is 0.574. The first kappa shape index (κ1) is 21.1. The lowest BCUT2D eigenvalue weighted by Crippen LogP contribution is -2.54. The fourth-order valence-corrected chi connectivity index (χ4v) is 5.60. The molecule has 4 aromatic rings. The number of imidazole rings is 1. The molecule has 2 aliphatic rings. The van der Waals surface area contributed by atoms with Crippen molar-refractivity contribution in [1.29, 1.82) is 0 Å². The number of aromatic nitrogens is 4. The summed E-state index contributed by atoms with van der Waals surface area (Å²) >= 11 is 0. The van der Waals surface area contributed by atoms with Crippen LogP contribution in [0.4, 0.5) is 11.6 Å². The summed E-state index contributed by atoms with van der Waals surface area (Å²) in [7, 11) is 1.67. The second-order valence-corrected chi connectivity index (χ2v) is 9.54. The Hall–Kier alpha value is -3.46. The number of amides is 1. The Morgan fingerprint density at radius 1 is 1.03 bits per heavy atom. The molecule has 6 rings (SSSR count). The maximum atomic E-state index is 13.3. The molecule has 2 N–H and O–H groups in total. The summed E-state index contributed by atoms with van der Waals surface area (Å²) in [6.45, 7) is 7.88. The Bertz CT molecular complexity index is 1400. The summed E-state index contributed by atoms with van der Waals surface area (Å²) in [6, 6.07) is 8.70. The van der Waals surface area contributed by atoms with Gasteiger partial charge in [0.25, 0.3) is 5.91 Å². The first-order chi connectivity index (χ1) is 16.5. The van der Waals surface area contributed by atoms with E-state index < -0.39 is 0 Å². The summed E-state index contributed by atoms with van der Waals surface area (Å²) < 4.78 is 2.04. The molecule has 9 heteroatoms. The minimum atomic E-state index is -0.141. The topological polar surface area (TPSA) is 90.7 Å². The van der Waals surface area contributed by atoms with Crippen LogP contribution in [0.2, 0.25) is 0 Å². The van der Waals surface area contributed by atoms with Gasteiger partial charge in [0.15, 0.2) is 11.3 Å². The largest absolute Gasteiger partial charge is 0.370 e. The van der Waals surface area contributed by atoms with E-state index in [0.29, 0.717) is 29.2 Å². The number of nitrogens with zero attached hydrogens (tertiary/aromatic N) is 6. The highest BCUT2D eigenvalue weighted by Crippen LogP contribution is 2.37. The standard InChI is InChI=1S/C25H30N8O/c1-15-13-32(14-16(2)28-15)25-27-12-17-21(31-10-6-7-11-31)20(24(34)26-3)23-29-18-8-4-5-9-19(18)33(23)22(17)30-25/h4-5,8-9,12,15-16,28H,6-7,10-11,13-14H2,1-3H3,(H,26,34)/t15-,16+. The van der Waals surface area contributed by atoms with Gasteiger partial charge < -0.3 is 20.4 Å². The van der Waals surface area contributed by atoms with Crippen LogP contribution in [0.25, 0.3) is 27.7 Å². The van der Waals surface area contributed by atoms with Crippen LogP contribution < -0.4 is 20.4 Å². The van der Waals surface area contributed by atoms with Gasteiger partial charge in [-0.3, -0.25) is 9.20 Å². The van der Waals surface area contributed by atoms with Gasteiger partial charge in [0.05, 0.1) is 22.1 Å². The van der Waals surface area contributed by atoms with E-state index in [-0.39, 0.29) is 5.91 Å². The number of carbonyl (C=O) groups is 1. The molecule has 2 fully saturated rings. The maximum Gasteiger partial charge on any atom is 0.256 e. The molecule has 0 unspecified atom stereocenters. The van der Waals surface area contributed by atoms with E-state index in [2.05, 4.69) is 34.3 Å². The third kappa shape index (κ3) is 3.26. The third-order valence-corrected chi connectivity index (χ3v) is 6.96. The Kier molecular flexibility index (Phi) is 5.02. The number of para-hydroxylation sites is 2. The monoisotopic (exact) mass is 458 g/mol. The lowest BCUT2D eigenvalue weighted by atomic mass is 10.1. The number of nitrogens with one attached hydrogen (secondary N) is 2. The number of benzene rings is 1. The summed E-state index contributed by atoms with van der Waals surface area (Å²) in [4.78, 5) is 32.7. The van der Waals surface area contributed by atoms with Crippen molar-refractivity contribution in [2.24, 2.45) is 0 Å². The van der Waals surface area contributed by atoms with Crippen molar-refractivity contribution in [1.82, 2.24) is 30.0 Å². The molecule has 5 heterocycles. The van der Waals surface area contributed by atoms with Crippen molar-refractivity contribution in [3.63, 3.8) is 0 Å². The van der Waals surface area contributed by atoms with Crippen molar-refractivity contribution in [2.75, 3.05) is 43.0 Å². The lowest BCUT2D eigenvalue weighted by Gasteiger charge is -2.36. The van der Waals surface area contributed by atoms with Crippen LogP contribution in [0, 0.1) is 0 Å². The smallest absolute Gasteiger partial charge is 0.256 e. The molecule has 34 heavy (non-hydrogen) atoms. The van der Waals surface area contributed by atoms with E-state index in [1.54, 1.807) is 7.05 Å². The van der Waals surface area contributed by atoms with Crippen LogP contribution in [0.15, 0.2) is 30.5 Å². The minimum Gasteiger partial charge on any atom is -0.370 e. The van der Waals surface area contributed by atoms with Crippen LogP contribution in [0.1, 0.15) is 37.0 Å². The van der Waals surface area contributed by atoms with Crippen molar-refractivity contribution in [3.05, 3.63) is 36.0 Å². The molecule has 0 bridgehead atoms. The second kappa shape index (κ2) is 8.09. The SMILES string of the molecule is CNC(=O)c1c(N2CCCC2)c2cnc(N3C[C@@H](C)N[C@@H](C)C3)nc2n2c1nc1ccccc12. The molecule has 176 valence electrons. The molecule has 3 aromatic heterocycles. The average Bonchev–Trinajstić information content (AvgIpc) is 3.50. The average molecular weight is 459 g/mol. The van der Waals surface area contributed by atoms with E-state index in [1.807, 2.05) is 34.9 Å². The predicted molar refractivity (Wildman–Crippen MR) is 135 cm³/mol. The van der Waals surface area contributed by atoms with Crippen molar-refractivity contribution in [2.45, 2.75) is 38.8 Å². The van der Waals surface area contributed by atoms with Crippen molar-refractivity contribution >= 4 is 45.3 Å². The van der Waals surface area contributed by atoms with E-state index in [1.165, 1.54) is 0 Å². The number of hydrogen-bond acceptors (Lipinski definition) is 7. The third-order valence-electron chi connectivity index (χ3n) is 6.96. The van der Waals surface area contributed by atoms with Gasteiger partial charge in [-0.2, -0.15) is 4.98 Å². The summed E-state index contributed by atoms with van der Waals surface area (Å²) in [5.41, 5.74) is 4.70. The van der Waals surface area contributed by atoms with Crippen LogP contribution in [-0.4, -0.2) is 70.6 Å². The maximum absolute atomic E-state index is 13.3. The molecule has 0 aliphatic carbocycles. The van der Waals surface area contributed by atoms with Crippen molar-refractivity contribution in [3.8, 4) is 0 Å². The zero-order valence-corrected chi connectivity index (χ0v) is 19.9. The van der Waals surface area contributed by atoms with Crippen LogP contribution in [0.3, 0.4) is 0 Å². The van der Waals surface area contributed by atoms with Gasteiger partial charge in [-0.1, -0.05) is 12.1 Å². The zero-order valence-electron chi connectivity index (χ0n) is 19.9. The highest BCUT2D eigenvalue weighted by atomic mass is 16.1. The number of fused-ring (bicyclic) bond motifs is 5. The van der Waals surface area contributed by atoms with E-state index >= 15 is 0 Å². The molecule has 2 atom stereocenters. The Labute approximate surface area is 198 Å². The number of pyridine rings is 1. The number of hydrogen-bond donors (Lipinski definition) is 2. The van der Waals surface area contributed by atoms with Crippen LogP contribution in [0.5, 0.6) is 0 Å². The molecule has 0 radical (unpaired) electrons. The van der Waals surface area contributed by atoms with Gasteiger partial charge in [-0.05, 0) is 38.8 Å². The number of rotatable bonds is 3. The highest BCUT2D eigenvalue weighted by molar-refractivity contribution is 6.13. The zero-order chi connectivity index (χ0) is 23.4. The second-order valence-electron chi connectivity index (χ2n) is 9.54. The molecule has 1 aromatic carbocycles. The van der Waals surface area contributed by atoms with E-state index in [0.717, 1.165) is 66.8 Å². The van der Waals surface area contributed by atoms with Crippen molar-refractivity contribution < 1.29 is 4.79 Å². The normalized spacial score (nSPS) is 21.1. The fourth-order valence-electron chi connectivity index (χ4n) is 5.60. The van der Waals surface area contributed by atoms with Gasteiger partial charge in [0.1, 0.15) is 5.56 Å². The van der Waals surface area contributed by atoms with E-state index in [9.17, 15) is 4.79 Å². The number of carbonyl (C=O) groups excluding carboxylic acids is 1. The van der Waals surface area contributed by atoms with Crippen LogP contribution in [-0.2, 0) is 0 Å². The van der Waals surface area contributed by atoms with E-state index in [4.69, 9.17) is 15.0 Å². The Balaban J connectivity index is 1.69. The molecule has 2 aliphatic heterocycles. The molecular formula is C25H30N8O. The molecule has 0 spiro atoms. The summed E-state index contributed by atoms with van der Waals surface area (Å²) in [6.07, 6.45) is 4.11. The molecular weight excluding hydrogens is 428 g/mol. The first-order valence-corrected chi connectivity index (χ1v) is 12.1. The minimum absolute atomic E-state index is 0.141. The molecule has 9 nitrogen and oxygen atoms in total. The molecule has 2 saturated heterocycles. The van der Waals surface area contributed by atoms with Gasteiger partial charge >= 0.3 is 0 Å². The lowest BCUT2D eigenvalue weighted by molar-refractivity contribution is 0.0965. The predicted octanol–water partition coefficient (Wildman–Crippen LogP) is 2.58. The quantitative estimate of drug-likeness (QED) is 0.488. The molecule has 1 amide bonds. The van der Waals surface area contributed by atoms with Gasteiger partial charge in [-0.15, -0.1) is 0 Å². The fraction of sp³-hybridized carbons (Fsp3) is 0.440. The highest BCUT2D eigenvalue weighted by Gasteiger charge is 2.30. The first-order valence-electron chi connectivity index (χ1n) is 12.1. The van der Waals surface area contributed by atoms with Gasteiger partial charge in [-0.25, -0.2) is 9.97 Å². The number of anilines is 2. The summed E-state index contributed by atoms with van der Waals surface area (Å²) in [5, 5.41) is 7.30. The van der Waals surface area contributed by atoms with Crippen LogP contribution >= 0.6 is 0 Å². The van der Waals surface area contributed by atoms with Gasteiger partial charge in [0.2, 0.25) is 5.95 Å². The number of piperazine rings is 1. The molecule has 0 saturated carbocycles. The van der Waals surface area contributed by atoms with Gasteiger partial charge in [0, 0.05) is 51.5 Å².